The van der Waals surface area contributed by atoms with E-state index in [2.05, 4.69) is 41.3 Å². The van der Waals surface area contributed by atoms with Crippen LogP contribution in [-0.2, 0) is 14.8 Å². The number of sulfonamides is 1. The molecular formula is C17H22BrN5O4S. The van der Waals surface area contributed by atoms with Gasteiger partial charge in [-0.1, -0.05) is 0 Å². The first-order valence-corrected chi connectivity index (χ1v) is 11.1. The van der Waals surface area contributed by atoms with Crippen molar-refractivity contribution in [3.8, 4) is 5.75 Å². The van der Waals surface area contributed by atoms with Gasteiger partial charge in [-0.2, -0.15) is 4.98 Å². The quantitative estimate of drug-likeness (QED) is 0.569. The molecule has 152 valence electrons. The van der Waals surface area contributed by atoms with Crippen molar-refractivity contribution >= 4 is 43.4 Å². The van der Waals surface area contributed by atoms with Gasteiger partial charge in [0.25, 0.3) is 0 Å². The summed E-state index contributed by atoms with van der Waals surface area (Å²) in [5, 5.41) is 6.33. The molecule has 3 N–H and O–H groups in total. The maximum absolute atomic E-state index is 12.6. The third-order valence-electron chi connectivity index (χ3n) is 3.95. The highest BCUT2D eigenvalue weighted by Gasteiger charge is 2.20. The smallest absolute Gasteiger partial charge is 0.244 e. The SMILES string of the molecule is COCCNS(=O)(=O)c1ccc2cc1OCCCCNc1nc(ncc1Br)N2. The number of benzene rings is 1. The van der Waals surface area contributed by atoms with Crippen molar-refractivity contribution in [1.82, 2.24) is 14.7 Å². The van der Waals surface area contributed by atoms with Crippen molar-refractivity contribution in [3.05, 3.63) is 28.9 Å². The number of aromatic nitrogens is 2. The Kier molecular flexibility index (Phi) is 7.05. The molecule has 0 spiro atoms. The molecule has 0 saturated heterocycles. The van der Waals surface area contributed by atoms with E-state index in [1.54, 1.807) is 18.3 Å². The molecule has 11 heteroatoms. The molecule has 0 radical (unpaired) electrons. The third kappa shape index (κ3) is 5.31. The van der Waals surface area contributed by atoms with E-state index in [1.807, 2.05) is 0 Å². The topological polar surface area (TPSA) is 114 Å². The molecule has 0 saturated carbocycles. The maximum atomic E-state index is 12.6. The van der Waals surface area contributed by atoms with Crippen LogP contribution in [0.4, 0.5) is 17.5 Å². The summed E-state index contributed by atoms with van der Waals surface area (Å²) in [7, 11) is -2.21. The van der Waals surface area contributed by atoms with Crippen molar-refractivity contribution < 1.29 is 17.9 Å². The molecule has 1 aliphatic heterocycles. The van der Waals surface area contributed by atoms with E-state index in [9.17, 15) is 8.42 Å². The minimum atomic E-state index is -3.72. The molecular weight excluding hydrogens is 450 g/mol. The van der Waals surface area contributed by atoms with Gasteiger partial charge in [0.2, 0.25) is 16.0 Å². The van der Waals surface area contributed by atoms with Gasteiger partial charge in [-0.15, -0.1) is 0 Å². The molecule has 28 heavy (non-hydrogen) atoms. The summed E-state index contributed by atoms with van der Waals surface area (Å²) in [5.41, 5.74) is 0.623. The van der Waals surface area contributed by atoms with Crippen LogP contribution < -0.4 is 20.1 Å². The highest BCUT2D eigenvalue weighted by atomic mass is 79.9. The van der Waals surface area contributed by atoms with Crippen LogP contribution in [0, 0.1) is 0 Å². The molecule has 1 aromatic heterocycles. The number of fused-ring (bicyclic) bond motifs is 4. The lowest BCUT2D eigenvalue weighted by atomic mass is 10.3. The Morgan fingerprint density at radius 1 is 1.36 bits per heavy atom. The van der Waals surface area contributed by atoms with Crippen LogP contribution in [-0.4, -0.2) is 51.8 Å². The number of nitrogens with zero attached hydrogens (tertiary/aromatic N) is 2. The van der Waals surface area contributed by atoms with Crippen molar-refractivity contribution in [2.24, 2.45) is 0 Å². The lowest BCUT2D eigenvalue weighted by molar-refractivity contribution is 0.204. The number of anilines is 3. The Bertz CT molecular complexity index is 926. The first kappa shape index (κ1) is 20.8. The van der Waals surface area contributed by atoms with Crippen molar-refractivity contribution in [3.63, 3.8) is 0 Å². The lowest BCUT2D eigenvalue weighted by Gasteiger charge is -2.14. The Balaban J connectivity index is 1.92. The number of hydrogen-bond donors (Lipinski definition) is 3. The number of methoxy groups -OCH3 is 1. The van der Waals surface area contributed by atoms with E-state index < -0.39 is 10.0 Å². The molecule has 4 bridgehead atoms. The molecule has 0 amide bonds. The maximum Gasteiger partial charge on any atom is 0.244 e. The van der Waals surface area contributed by atoms with E-state index in [0.717, 1.165) is 17.3 Å². The largest absolute Gasteiger partial charge is 0.492 e. The van der Waals surface area contributed by atoms with Gasteiger partial charge in [-0.25, -0.2) is 18.1 Å². The van der Waals surface area contributed by atoms with Gasteiger partial charge in [0, 0.05) is 38.1 Å². The van der Waals surface area contributed by atoms with Crippen molar-refractivity contribution in [2.75, 3.05) is 44.0 Å². The van der Waals surface area contributed by atoms with Crippen LogP contribution in [0.1, 0.15) is 12.8 Å². The average molecular weight is 472 g/mol. The van der Waals surface area contributed by atoms with E-state index in [-0.39, 0.29) is 23.8 Å². The number of nitrogens with one attached hydrogen (secondary N) is 3. The molecule has 0 atom stereocenters. The molecule has 3 rings (SSSR count). The number of ether oxygens (including phenoxy) is 2. The molecule has 1 aliphatic rings. The van der Waals surface area contributed by atoms with Crippen molar-refractivity contribution in [1.29, 1.82) is 0 Å². The standard InChI is InChI=1S/C17H22BrN5O4S/c1-26-9-7-21-28(24,25)15-5-4-12-10-14(15)27-8-3-2-6-19-16-13(18)11-20-17(22-12)23-16/h4-5,10-11,21H,2-3,6-9H2,1H3,(H2,19,20,22,23). The van der Waals surface area contributed by atoms with Crippen LogP contribution >= 0.6 is 15.9 Å². The Labute approximate surface area is 172 Å². The highest BCUT2D eigenvalue weighted by molar-refractivity contribution is 9.10. The lowest BCUT2D eigenvalue weighted by Crippen LogP contribution is -2.27. The van der Waals surface area contributed by atoms with Gasteiger partial charge < -0.3 is 20.1 Å². The summed E-state index contributed by atoms with van der Waals surface area (Å²) in [6.07, 6.45) is 3.26. The molecule has 1 aromatic carbocycles. The number of rotatable bonds is 5. The second-order valence-electron chi connectivity index (χ2n) is 6.05. The van der Waals surface area contributed by atoms with Gasteiger partial charge in [0.05, 0.1) is 17.7 Å². The first-order chi connectivity index (χ1) is 13.5. The van der Waals surface area contributed by atoms with Crippen molar-refractivity contribution in [2.45, 2.75) is 17.7 Å². The fourth-order valence-electron chi connectivity index (χ4n) is 2.57. The molecule has 0 fully saturated rings. The van der Waals surface area contributed by atoms with Crippen LogP contribution in [0.2, 0.25) is 0 Å². The zero-order chi connectivity index (χ0) is 20.0. The minimum absolute atomic E-state index is 0.0829. The summed E-state index contributed by atoms with van der Waals surface area (Å²) < 4.78 is 39.2. The van der Waals surface area contributed by atoms with Gasteiger partial charge in [0.15, 0.2) is 0 Å². The van der Waals surface area contributed by atoms with E-state index >= 15 is 0 Å². The predicted molar refractivity (Wildman–Crippen MR) is 110 cm³/mol. The summed E-state index contributed by atoms with van der Waals surface area (Å²) in [5.74, 6) is 1.36. The van der Waals surface area contributed by atoms with Gasteiger partial charge in [0.1, 0.15) is 16.5 Å². The van der Waals surface area contributed by atoms with Gasteiger partial charge >= 0.3 is 0 Å². The van der Waals surface area contributed by atoms with E-state index in [1.165, 1.54) is 13.2 Å². The Hall–Kier alpha value is -1.95. The monoisotopic (exact) mass is 471 g/mol. The second kappa shape index (κ2) is 9.50. The summed E-state index contributed by atoms with van der Waals surface area (Å²) >= 11 is 3.43. The summed E-state index contributed by atoms with van der Waals surface area (Å²) in [4.78, 5) is 8.77. The zero-order valence-corrected chi connectivity index (χ0v) is 17.8. The van der Waals surface area contributed by atoms with Crippen LogP contribution in [0.3, 0.4) is 0 Å². The van der Waals surface area contributed by atoms with Crippen LogP contribution in [0.25, 0.3) is 0 Å². The molecule has 0 aliphatic carbocycles. The van der Waals surface area contributed by atoms with Crippen LogP contribution in [0.15, 0.2) is 33.8 Å². The predicted octanol–water partition coefficient (Wildman–Crippen LogP) is 2.49. The molecule has 2 heterocycles. The zero-order valence-electron chi connectivity index (χ0n) is 15.4. The third-order valence-corrected chi connectivity index (χ3v) is 6.03. The molecule has 0 unspecified atom stereocenters. The average Bonchev–Trinajstić information content (AvgIpc) is 2.67. The Morgan fingerprint density at radius 2 is 2.21 bits per heavy atom. The second-order valence-corrected chi connectivity index (χ2v) is 8.64. The summed E-state index contributed by atoms with van der Waals surface area (Å²) in [6.45, 7) is 1.57. The molecule has 2 aromatic rings. The number of hydrogen-bond acceptors (Lipinski definition) is 8. The van der Waals surface area contributed by atoms with E-state index in [4.69, 9.17) is 9.47 Å². The minimum Gasteiger partial charge on any atom is -0.492 e. The normalized spacial score (nSPS) is 14.5. The number of halogens is 1. The molecule has 9 nitrogen and oxygen atoms in total. The van der Waals surface area contributed by atoms with E-state index in [0.29, 0.717) is 30.6 Å². The summed E-state index contributed by atoms with van der Waals surface area (Å²) in [6, 6.07) is 4.79. The fourth-order valence-corrected chi connectivity index (χ4v) is 4.04. The van der Waals surface area contributed by atoms with Gasteiger partial charge in [-0.3, -0.25) is 0 Å². The Morgan fingerprint density at radius 3 is 3.04 bits per heavy atom. The van der Waals surface area contributed by atoms with Gasteiger partial charge in [-0.05, 0) is 40.9 Å². The first-order valence-electron chi connectivity index (χ1n) is 8.78. The highest BCUT2D eigenvalue weighted by Crippen LogP contribution is 2.30. The van der Waals surface area contributed by atoms with Crippen LogP contribution in [0.5, 0.6) is 5.75 Å². The fraction of sp³-hybridized carbons (Fsp3) is 0.412.